The first-order valence-corrected chi connectivity index (χ1v) is 9.08. The van der Waals surface area contributed by atoms with Crippen LogP contribution in [0.1, 0.15) is 36.0 Å². The van der Waals surface area contributed by atoms with E-state index < -0.39 is 12.1 Å². The summed E-state index contributed by atoms with van der Waals surface area (Å²) in [7, 11) is 0. The second-order valence-corrected chi connectivity index (χ2v) is 7.11. The number of carbonyl (C=O) groups is 1. The van der Waals surface area contributed by atoms with Crippen molar-refractivity contribution in [2.45, 2.75) is 37.9 Å². The molecular formula is C17H21ClF3N3O2. The minimum atomic E-state index is -4.17. The Morgan fingerprint density at radius 1 is 1.31 bits per heavy atom. The number of halogens is 4. The monoisotopic (exact) mass is 391 g/mol. The van der Waals surface area contributed by atoms with Gasteiger partial charge in [-0.2, -0.15) is 13.2 Å². The summed E-state index contributed by atoms with van der Waals surface area (Å²) in [4.78, 5) is 18.3. The van der Waals surface area contributed by atoms with Gasteiger partial charge in [0.25, 0.3) is 5.91 Å². The molecule has 3 rings (SSSR count). The summed E-state index contributed by atoms with van der Waals surface area (Å²) in [5.74, 6) is -1.16. The highest BCUT2D eigenvalue weighted by Gasteiger charge is 2.42. The molecule has 2 heterocycles. The predicted molar refractivity (Wildman–Crippen MR) is 91.4 cm³/mol. The molecule has 1 aliphatic carbocycles. The minimum absolute atomic E-state index is 0.00989. The van der Waals surface area contributed by atoms with Crippen molar-refractivity contribution < 1.29 is 22.7 Å². The first kappa shape index (κ1) is 19.2. The molecule has 1 aliphatic heterocycles. The van der Waals surface area contributed by atoms with E-state index in [0.29, 0.717) is 50.5 Å². The van der Waals surface area contributed by atoms with Crippen LogP contribution in [0.3, 0.4) is 0 Å². The minimum Gasteiger partial charge on any atom is -0.378 e. The van der Waals surface area contributed by atoms with Crippen LogP contribution in [0.25, 0.3) is 0 Å². The van der Waals surface area contributed by atoms with Crippen molar-refractivity contribution in [1.29, 1.82) is 0 Å². The number of hydrogen-bond acceptors (Lipinski definition) is 4. The van der Waals surface area contributed by atoms with Gasteiger partial charge in [-0.15, -0.1) is 0 Å². The number of rotatable bonds is 3. The third kappa shape index (κ3) is 4.59. The van der Waals surface area contributed by atoms with Crippen molar-refractivity contribution in [3.63, 3.8) is 0 Å². The van der Waals surface area contributed by atoms with Gasteiger partial charge in [0.1, 0.15) is 5.82 Å². The molecule has 1 N–H and O–H groups in total. The smallest absolute Gasteiger partial charge is 0.378 e. The maximum atomic E-state index is 12.9. The van der Waals surface area contributed by atoms with Crippen molar-refractivity contribution in [2.75, 3.05) is 31.6 Å². The summed E-state index contributed by atoms with van der Waals surface area (Å²) < 4.78 is 44.0. The zero-order valence-corrected chi connectivity index (χ0v) is 14.9. The quantitative estimate of drug-likeness (QED) is 0.852. The molecule has 2 fully saturated rings. The molecule has 2 unspecified atom stereocenters. The number of alkyl halides is 3. The number of ether oxygens (including phenoxy) is 1. The van der Waals surface area contributed by atoms with Gasteiger partial charge in [0.05, 0.1) is 29.7 Å². The fourth-order valence-electron chi connectivity index (χ4n) is 3.42. The van der Waals surface area contributed by atoms with E-state index in [9.17, 15) is 18.0 Å². The van der Waals surface area contributed by atoms with Crippen LogP contribution < -0.4 is 5.32 Å². The van der Waals surface area contributed by atoms with Crippen molar-refractivity contribution >= 4 is 23.3 Å². The van der Waals surface area contributed by atoms with Crippen LogP contribution in [0.4, 0.5) is 19.0 Å². The highest BCUT2D eigenvalue weighted by molar-refractivity contribution is 6.33. The van der Waals surface area contributed by atoms with E-state index in [2.05, 4.69) is 10.3 Å². The van der Waals surface area contributed by atoms with Gasteiger partial charge in [0.2, 0.25) is 0 Å². The lowest BCUT2D eigenvalue weighted by atomic mass is 9.85. The van der Waals surface area contributed by atoms with E-state index in [0.717, 1.165) is 0 Å². The Balaban J connectivity index is 1.65. The molecular weight excluding hydrogens is 371 g/mol. The third-order valence-corrected chi connectivity index (χ3v) is 5.15. The maximum Gasteiger partial charge on any atom is 0.391 e. The van der Waals surface area contributed by atoms with Crippen molar-refractivity contribution in [1.82, 2.24) is 9.88 Å². The number of nitrogens with one attached hydrogen (secondary N) is 1. The predicted octanol–water partition coefficient (Wildman–Crippen LogP) is 3.74. The van der Waals surface area contributed by atoms with Crippen LogP contribution in [-0.4, -0.2) is 54.3 Å². The Bertz CT molecular complexity index is 651. The Hall–Kier alpha value is -1.54. The van der Waals surface area contributed by atoms with E-state index in [1.807, 2.05) is 0 Å². The zero-order chi connectivity index (χ0) is 18.7. The summed E-state index contributed by atoms with van der Waals surface area (Å²) in [5.41, 5.74) is 0.360. The first-order chi connectivity index (χ1) is 12.3. The lowest BCUT2D eigenvalue weighted by Gasteiger charge is -2.31. The second-order valence-electron chi connectivity index (χ2n) is 6.71. The number of amides is 1. The molecule has 0 bridgehead atoms. The Labute approximate surface area is 154 Å². The van der Waals surface area contributed by atoms with Gasteiger partial charge >= 0.3 is 6.18 Å². The average Bonchev–Trinajstić information content (AvgIpc) is 2.63. The highest BCUT2D eigenvalue weighted by Crippen LogP contribution is 2.38. The van der Waals surface area contributed by atoms with Gasteiger partial charge in [-0.1, -0.05) is 18.0 Å². The molecule has 0 aromatic carbocycles. The number of anilines is 1. The van der Waals surface area contributed by atoms with Crippen LogP contribution in [-0.2, 0) is 4.74 Å². The molecule has 144 valence electrons. The van der Waals surface area contributed by atoms with Gasteiger partial charge in [-0.3, -0.25) is 4.79 Å². The number of nitrogens with zero attached hydrogens (tertiary/aromatic N) is 2. The Kier molecular flexibility index (Phi) is 5.92. The van der Waals surface area contributed by atoms with E-state index >= 15 is 0 Å². The van der Waals surface area contributed by atoms with Crippen molar-refractivity contribution in [3.05, 3.63) is 22.8 Å². The van der Waals surface area contributed by atoms with E-state index in [1.165, 1.54) is 12.3 Å². The molecule has 1 aromatic rings. The summed E-state index contributed by atoms with van der Waals surface area (Å²) in [6.45, 7) is 2.01. The number of pyridine rings is 1. The number of morpholine rings is 1. The molecule has 5 nitrogen and oxygen atoms in total. The molecule has 1 amide bonds. The van der Waals surface area contributed by atoms with Crippen LogP contribution in [0.15, 0.2) is 12.3 Å². The molecule has 2 atom stereocenters. The third-order valence-electron chi connectivity index (χ3n) is 4.86. The summed E-state index contributed by atoms with van der Waals surface area (Å²) >= 11 is 6.22. The molecule has 9 heteroatoms. The van der Waals surface area contributed by atoms with Gasteiger partial charge in [-0.25, -0.2) is 4.98 Å². The molecule has 1 saturated heterocycles. The lowest BCUT2D eigenvalue weighted by molar-refractivity contribution is -0.182. The highest BCUT2D eigenvalue weighted by atomic mass is 35.5. The number of carbonyl (C=O) groups excluding carboxylic acids is 1. The molecule has 26 heavy (non-hydrogen) atoms. The normalized spacial score (nSPS) is 24.4. The fraction of sp³-hybridized carbons (Fsp3) is 0.647. The molecule has 0 spiro atoms. The van der Waals surface area contributed by atoms with E-state index in [-0.39, 0.29) is 29.8 Å². The SMILES string of the molecule is O=C(c1cnc(NC2CCCC(C(F)(F)F)C2)c(Cl)c1)N1CCOCC1. The molecule has 0 radical (unpaired) electrons. The largest absolute Gasteiger partial charge is 0.391 e. The van der Waals surface area contributed by atoms with Crippen LogP contribution in [0.2, 0.25) is 5.02 Å². The van der Waals surface area contributed by atoms with Crippen LogP contribution in [0, 0.1) is 5.92 Å². The lowest BCUT2D eigenvalue weighted by Crippen LogP contribution is -2.40. The van der Waals surface area contributed by atoms with Gasteiger partial charge in [-0.05, 0) is 25.3 Å². The summed E-state index contributed by atoms with van der Waals surface area (Å²) in [5, 5.41) is 3.24. The topological polar surface area (TPSA) is 54.5 Å². The Morgan fingerprint density at radius 2 is 2.04 bits per heavy atom. The molecule has 1 aromatic heterocycles. The van der Waals surface area contributed by atoms with Gasteiger partial charge in [0.15, 0.2) is 0 Å². The standard InChI is InChI=1S/C17H21ClF3N3O2/c18-14-8-11(16(25)24-4-6-26-7-5-24)10-22-15(14)23-13-3-1-2-12(9-13)17(19,20)21/h8,10,12-13H,1-7,9H2,(H,22,23). The van der Waals surface area contributed by atoms with Gasteiger partial charge < -0.3 is 15.0 Å². The fourth-order valence-corrected chi connectivity index (χ4v) is 3.64. The van der Waals surface area contributed by atoms with Crippen LogP contribution in [0.5, 0.6) is 0 Å². The number of aromatic nitrogens is 1. The Morgan fingerprint density at radius 3 is 2.69 bits per heavy atom. The van der Waals surface area contributed by atoms with Crippen molar-refractivity contribution in [2.24, 2.45) is 5.92 Å². The summed E-state index contributed by atoms with van der Waals surface area (Å²) in [6.07, 6.45) is -1.44. The van der Waals surface area contributed by atoms with Gasteiger partial charge in [0, 0.05) is 25.3 Å². The number of hydrogen-bond donors (Lipinski definition) is 1. The molecule has 2 aliphatic rings. The first-order valence-electron chi connectivity index (χ1n) is 8.70. The van der Waals surface area contributed by atoms with E-state index in [4.69, 9.17) is 16.3 Å². The van der Waals surface area contributed by atoms with Crippen molar-refractivity contribution in [3.8, 4) is 0 Å². The second kappa shape index (κ2) is 8.00. The molecule has 1 saturated carbocycles. The summed E-state index contributed by atoms with van der Waals surface area (Å²) in [6, 6.07) is 1.18. The average molecular weight is 392 g/mol. The van der Waals surface area contributed by atoms with Crippen LogP contribution >= 0.6 is 11.6 Å². The maximum absolute atomic E-state index is 12.9. The van der Waals surface area contributed by atoms with E-state index in [1.54, 1.807) is 4.90 Å². The zero-order valence-electron chi connectivity index (χ0n) is 14.2.